The highest BCUT2D eigenvalue weighted by atomic mass is 32.1. The van der Waals surface area contributed by atoms with E-state index < -0.39 is 0 Å². The van der Waals surface area contributed by atoms with Crippen molar-refractivity contribution in [2.24, 2.45) is 0 Å². The van der Waals surface area contributed by atoms with Crippen LogP contribution in [0.15, 0.2) is 33.0 Å². The number of hydrogen-bond acceptors (Lipinski definition) is 5. The molecule has 8 heteroatoms. The van der Waals surface area contributed by atoms with Gasteiger partial charge in [-0.2, -0.15) is 0 Å². The van der Waals surface area contributed by atoms with Crippen molar-refractivity contribution < 1.29 is 14.1 Å². The van der Waals surface area contributed by atoms with Crippen molar-refractivity contribution in [3.63, 3.8) is 0 Å². The molecule has 3 heterocycles. The molecule has 1 amide bonds. The lowest BCUT2D eigenvalue weighted by molar-refractivity contribution is -0.904. The van der Waals surface area contributed by atoms with Crippen LogP contribution in [-0.2, 0) is 11.3 Å². The van der Waals surface area contributed by atoms with Gasteiger partial charge in [-0.25, -0.2) is 4.98 Å². The van der Waals surface area contributed by atoms with Gasteiger partial charge in [-0.1, -0.05) is 0 Å². The van der Waals surface area contributed by atoms with Crippen molar-refractivity contribution >= 4 is 27.5 Å². The van der Waals surface area contributed by atoms with E-state index in [1.165, 1.54) is 11.3 Å². The van der Waals surface area contributed by atoms with E-state index in [4.69, 9.17) is 4.42 Å². The second-order valence-electron chi connectivity index (χ2n) is 6.50. The van der Waals surface area contributed by atoms with Crippen LogP contribution in [0.5, 0.6) is 0 Å². The Bertz CT molecular complexity index is 943. The summed E-state index contributed by atoms with van der Waals surface area (Å²) in [6.07, 6.45) is 1.58. The van der Waals surface area contributed by atoms with Gasteiger partial charge in [0.2, 0.25) is 0 Å². The number of aromatic amines is 1. The predicted octanol–water partition coefficient (Wildman–Crippen LogP) is 1.17. The zero-order valence-electron chi connectivity index (χ0n) is 15.1. The summed E-state index contributed by atoms with van der Waals surface area (Å²) in [7, 11) is 0. The Kier molecular flexibility index (Phi) is 5.53. The summed E-state index contributed by atoms with van der Waals surface area (Å²) in [5, 5.41) is 5.32. The molecule has 0 saturated carbocycles. The molecule has 0 saturated heterocycles. The Morgan fingerprint density at radius 3 is 2.92 bits per heavy atom. The van der Waals surface area contributed by atoms with E-state index in [-0.39, 0.29) is 17.5 Å². The topological polar surface area (TPSA) is 92.4 Å². The van der Waals surface area contributed by atoms with E-state index in [1.807, 2.05) is 32.2 Å². The second kappa shape index (κ2) is 7.84. The highest BCUT2D eigenvalue weighted by Gasteiger charge is 2.18. The zero-order chi connectivity index (χ0) is 18.7. The van der Waals surface area contributed by atoms with Gasteiger partial charge in [-0.05, 0) is 32.9 Å². The van der Waals surface area contributed by atoms with Crippen LogP contribution in [0.1, 0.15) is 26.6 Å². The normalized spacial score (nSPS) is 12.6. The first-order valence-electron chi connectivity index (χ1n) is 8.65. The number of quaternary nitrogens is 1. The molecule has 0 aromatic carbocycles. The third kappa shape index (κ3) is 4.03. The third-order valence-corrected chi connectivity index (χ3v) is 4.93. The molecule has 0 spiro atoms. The predicted molar refractivity (Wildman–Crippen MR) is 101 cm³/mol. The molecule has 3 aromatic rings. The molecule has 0 fully saturated rings. The summed E-state index contributed by atoms with van der Waals surface area (Å²) in [4.78, 5) is 33.8. The number of rotatable bonds is 7. The number of thiophene rings is 1. The third-order valence-electron chi connectivity index (χ3n) is 4.06. The van der Waals surface area contributed by atoms with Gasteiger partial charge in [0.15, 0.2) is 12.4 Å². The maximum absolute atomic E-state index is 12.6. The summed E-state index contributed by atoms with van der Waals surface area (Å²) in [5.41, 5.74) is 0.575. The molecule has 26 heavy (non-hydrogen) atoms. The summed E-state index contributed by atoms with van der Waals surface area (Å²) in [6, 6.07) is 3.73. The van der Waals surface area contributed by atoms with E-state index in [0.717, 1.165) is 17.0 Å². The van der Waals surface area contributed by atoms with Gasteiger partial charge in [0.25, 0.3) is 11.5 Å². The number of nitrogens with one attached hydrogen (secondary N) is 3. The number of hydrogen-bond donors (Lipinski definition) is 3. The Hall–Kier alpha value is -2.45. The van der Waals surface area contributed by atoms with Crippen LogP contribution in [0.2, 0.25) is 0 Å². The average Bonchev–Trinajstić information content (AvgIpc) is 3.22. The molecule has 7 nitrogen and oxygen atoms in total. The van der Waals surface area contributed by atoms with E-state index >= 15 is 0 Å². The van der Waals surface area contributed by atoms with Crippen LogP contribution in [-0.4, -0.2) is 35.0 Å². The first kappa shape index (κ1) is 18.3. The number of carbonyl (C=O) groups is 1. The van der Waals surface area contributed by atoms with E-state index in [1.54, 1.807) is 12.3 Å². The molecule has 3 N–H and O–H groups in total. The molecule has 0 aliphatic carbocycles. The average molecular weight is 375 g/mol. The van der Waals surface area contributed by atoms with Crippen LogP contribution in [0.3, 0.4) is 0 Å². The van der Waals surface area contributed by atoms with Crippen LogP contribution in [0.4, 0.5) is 0 Å². The molecule has 0 bridgehead atoms. The molecule has 0 aliphatic rings. The molecule has 0 radical (unpaired) electrons. The number of nitrogens with zero attached hydrogens (tertiary/aromatic N) is 1. The van der Waals surface area contributed by atoms with Gasteiger partial charge in [-0.3, -0.25) is 9.59 Å². The molecule has 1 unspecified atom stereocenters. The summed E-state index contributed by atoms with van der Waals surface area (Å²) in [6.45, 7) is 7.47. The van der Waals surface area contributed by atoms with Crippen LogP contribution in [0, 0.1) is 0 Å². The van der Waals surface area contributed by atoms with Gasteiger partial charge in [0, 0.05) is 17.0 Å². The monoisotopic (exact) mass is 375 g/mol. The van der Waals surface area contributed by atoms with Crippen molar-refractivity contribution in [3.8, 4) is 11.3 Å². The van der Waals surface area contributed by atoms with E-state index in [0.29, 0.717) is 34.9 Å². The summed E-state index contributed by atoms with van der Waals surface area (Å²) < 4.78 is 5.41. The first-order chi connectivity index (χ1) is 12.5. The van der Waals surface area contributed by atoms with E-state index in [9.17, 15) is 9.59 Å². The smallest absolute Gasteiger partial charge is 0.275 e. The fourth-order valence-electron chi connectivity index (χ4n) is 2.84. The van der Waals surface area contributed by atoms with Crippen molar-refractivity contribution in [2.45, 2.75) is 33.4 Å². The number of amides is 1. The standard InChI is InChI=1S/C18H22N4O3S/c1-4-22(9-15(23)19-11(2)3)8-14-20-17(24)16-12(10-26-18(16)21-14)13-6-5-7-25-13/h5-7,10-11H,4,8-9H2,1-3H3,(H,19,23)(H,20,21,24)/p+1. The maximum atomic E-state index is 12.6. The van der Waals surface area contributed by atoms with Gasteiger partial charge in [0.1, 0.15) is 17.1 Å². The van der Waals surface area contributed by atoms with Crippen LogP contribution < -0.4 is 15.8 Å². The van der Waals surface area contributed by atoms with Crippen molar-refractivity contribution in [2.75, 3.05) is 13.1 Å². The highest BCUT2D eigenvalue weighted by Crippen LogP contribution is 2.30. The molecular weight excluding hydrogens is 352 g/mol. The van der Waals surface area contributed by atoms with Crippen molar-refractivity contribution in [1.82, 2.24) is 15.3 Å². The lowest BCUT2D eigenvalue weighted by atomic mass is 10.2. The van der Waals surface area contributed by atoms with Gasteiger partial charge < -0.3 is 19.6 Å². The number of aromatic nitrogens is 2. The highest BCUT2D eigenvalue weighted by molar-refractivity contribution is 7.17. The summed E-state index contributed by atoms with van der Waals surface area (Å²) >= 11 is 1.42. The number of carbonyl (C=O) groups excluding carboxylic acids is 1. The Labute approximate surface area is 155 Å². The Morgan fingerprint density at radius 2 is 2.27 bits per heavy atom. The molecule has 3 rings (SSSR count). The van der Waals surface area contributed by atoms with Crippen LogP contribution in [0.25, 0.3) is 21.5 Å². The summed E-state index contributed by atoms with van der Waals surface area (Å²) in [5.74, 6) is 1.24. The first-order valence-corrected chi connectivity index (χ1v) is 9.53. The van der Waals surface area contributed by atoms with Crippen LogP contribution >= 0.6 is 11.3 Å². The lowest BCUT2D eigenvalue weighted by Gasteiger charge is -2.17. The fourth-order valence-corrected chi connectivity index (χ4v) is 3.79. The number of fused-ring (bicyclic) bond motifs is 1. The number of furan rings is 1. The molecule has 1 atom stereocenters. The number of H-pyrrole nitrogens is 1. The Morgan fingerprint density at radius 1 is 1.46 bits per heavy atom. The molecular formula is C18H23N4O3S+. The molecule has 0 aliphatic heterocycles. The minimum atomic E-state index is -0.181. The maximum Gasteiger partial charge on any atom is 0.275 e. The fraction of sp³-hybridized carbons (Fsp3) is 0.389. The van der Waals surface area contributed by atoms with E-state index in [2.05, 4.69) is 15.3 Å². The minimum Gasteiger partial charge on any atom is -0.464 e. The number of likely N-dealkylation sites (N-methyl/N-ethyl adjacent to an activating group) is 1. The van der Waals surface area contributed by atoms with Crippen molar-refractivity contribution in [1.29, 1.82) is 0 Å². The minimum absolute atomic E-state index is 0.00324. The van der Waals surface area contributed by atoms with Gasteiger partial charge >= 0.3 is 0 Å². The van der Waals surface area contributed by atoms with Crippen molar-refractivity contribution in [3.05, 3.63) is 40.0 Å². The zero-order valence-corrected chi connectivity index (χ0v) is 15.9. The lowest BCUT2D eigenvalue weighted by Crippen LogP contribution is -3.11. The van der Waals surface area contributed by atoms with Gasteiger partial charge in [-0.15, -0.1) is 11.3 Å². The molecule has 138 valence electrons. The largest absolute Gasteiger partial charge is 0.464 e. The SMILES string of the molecule is CC[NH+](CC(=O)NC(C)C)Cc1nc2scc(-c3ccco3)c2c(=O)[nH]1. The Balaban J connectivity index is 1.83. The quantitative estimate of drug-likeness (QED) is 0.578. The second-order valence-corrected chi connectivity index (χ2v) is 7.36. The molecule has 3 aromatic heterocycles. The van der Waals surface area contributed by atoms with Gasteiger partial charge in [0.05, 0.1) is 18.2 Å².